The zero-order valence-corrected chi connectivity index (χ0v) is 32.2. The molecule has 0 amide bonds. The summed E-state index contributed by atoms with van der Waals surface area (Å²) in [6.45, 7) is 0. The monoisotopic (exact) mass is 893 g/mol. The summed E-state index contributed by atoms with van der Waals surface area (Å²) in [5.41, 5.74) is -0.150. The number of nitrogens with zero attached hydrogens (tertiary/aromatic N) is 3. The van der Waals surface area contributed by atoms with Gasteiger partial charge in [-0.15, -0.1) is 0 Å². The second kappa shape index (κ2) is 17.2. The zero-order chi connectivity index (χ0) is 35.8. The van der Waals surface area contributed by atoms with Gasteiger partial charge < -0.3 is 0 Å². The van der Waals surface area contributed by atoms with Crippen LogP contribution in [0.15, 0.2) is 159 Å². The van der Waals surface area contributed by atoms with Gasteiger partial charge in [-0.25, -0.2) is 0 Å². The van der Waals surface area contributed by atoms with Crippen molar-refractivity contribution < 1.29 is 14.8 Å². The van der Waals surface area contributed by atoms with Gasteiger partial charge in [0.2, 0.25) is 0 Å². The van der Waals surface area contributed by atoms with Crippen molar-refractivity contribution in [3.8, 4) is 0 Å². The first-order valence-corrected chi connectivity index (χ1v) is 19.7. The van der Waals surface area contributed by atoms with Crippen LogP contribution in [0.3, 0.4) is 0 Å². The molecule has 0 atom stereocenters. The maximum Gasteiger partial charge on any atom is 0.269 e. The van der Waals surface area contributed by atoms with Crippen LogP contribution in [0.5, 0.6) is 0 Å². The predicted molar refractivity (Wildman–Crippen MR) is 213 cm³/mol. The molecule has 6 rings (SSSR count). The third-order valence-electron chi connectivity index (χ3n) is 7.24. The summed E-state index contributed by atoms with van der Waals surface area (Å²) >= 11 is 11.2. The normalized spacial score (nSPS) is 10.7. The fraction of sp³-hybridized carbons (Fsp3) is 0. The van der Waals surface area contributed by atoms with Crippen LogP contribution in [0.25, 0.3) is 0 Å². The van der Waals surface area contributed by atoms with E-state index in [1.54, 1.807) is 36.4 Å². The number of rotatable bonds is 9. The first-order valence-electron chi connectivity index (χ1n) is 14.6. The van der Waals surface area contributed by atoms with Crippen molar-refractivity contribution in [3.63, 3.8) is 0 Å². The van der Waals surface area contributed by atoms with Gasteiger partial charge in [0.15, 0.2) is 0 Å². The Morgan fingerprint density at radius 3 is 0.820 bits per heavy atom. The highest BCUT2D eigenvalue weighted by Gasteiger charge is 2.23. The minimum atomic E-state index is -1.21. The van der Waals surface area contributed by atoms with Gasteiger partial charge in [-0.1, -0.05) is 102 Å². The molecule has 6 aromatic carbocycles. The number of nitro groups is 3. The minimum Gasteiger partial charge on any atom is -0.258 e. The van der Waals surface area contributed by atoms with Crippen molar-refractivity contribution in [2.24, 2.45) is 0 Å². The van der Waals surface area contributed by atoms with E-state index in [1.807, 2.05) is 0 Å². The molecule has 0 unspecified atom stereocenters. The quantitative estimate of drug-likeness (QED) is 0.0810. The Morgan fingerprint density at radius 2 is 0.600 bits per heavy atom. The molecule has 6 aromatic rings. The van der Waals surface area contributed by atoms with E-state index < -0.39 is 30.6 Å². The number of nitro benzene ring substituents is 3. The van der Waals surface area contributed by atoms with Gasteiger partial charge in [0.1, 0.15) is 0 Å². The number of non-ortho nitro benzene ring substituents is 3. The summed E-state index contributed by atoms with van der Waals surface area (Å²) in [5, 5.41) is 39.0. The van der Waals surface area contributed by atoms with E-state index >= 15 is 0 Å². The highest BCUT2D eigenvalue weighted by atomic mass is 79.9. The third kappa shape index (κ3) is 8.94. The SMILES string of the molecule is Brc1ccccc1P(c1ccccc1Br)c1ccccc1Br.O=[N+]([O-])c1ccc(P(c2ccc([N+](=O)[O-])cc2)c2ccc([N+](=O)[O-])cc2)cc1. The number of hydrogen-bond acceptors (Lipinski definition) is 6. The largest absolute Gasteiger partial charge is 0.269 e. The highest BCUT2D eigenvalue weighted by Crippen LogP contribution is 2.40. The topological polar surface area (TPSA) is 129 Å². The second-order valence-electron chi connectivity index (χ2n) is 10.3. The Kier molecular flexibility index (Phi) is 12.7. The van der Waals surface area contributed by atoms with E-state index in [9.17, 15) is 30.3 Å². The molecule has 50 heavy (non-hydrogen) atoms. The first kappa shape index (κ1) is 37.1. The molecule has 0 aromatic heterocycles. The van der Waals surface area contributed by atoms with Gasteiger partial charge >= 0.3 is 0 Å². The van der Waals surface area contributed by atoms with Gasteiger partial charge in [-0.2, -0.15) is 0 Å². The van der Waals surface area contributed by atoms with E-state index in [-0.39, 0.29) is 17.1 Å². The van der Waals surface area contributed by atoms with Crippen molar-refractivity contribution in [1.82, 2.24) is 0 Å². The molecular weight excluding hydrogens is 872 g/mol. The van der Waals surface area contributed by atoms with Gasteiger partial charge in [-0.3, -0.25) is 30.3 Å². The van der Waals surface area contributed by atoms with Crippen molar-refractivity contribution in [2.75, 3.05) is 0 Å². The lowest BCUT2D eigenvalue weighted by Gasteiger charge is -2.22. The number of halogens is 3. The van der Waals surface area contributed by atoms with Crippen molar-refractivity contribution in [3.05, 3.63) is 189 Å². The molecule has 0 radical (unpaired) electrons. The Labute approximate surface area is 314 Å². The van der Waals surface area contributed by atoms with Crippen LogP contribution in [0.1, 0.15) is 0 Å². The van der Waals surface area contributed by atoms with Crippen LogP contribution in [0.4, 0.5) is 17.1 Å². The maximum absolute atomic E-state index is 10.9. The predicted octanol–water partition coefficient (Wildman–Crippen LogP) is 8.90. The van der Waals surface area contributed by atoms with Crippen molar-refractivity contribution in [2.45, 2.75) is 0 Å². The summed E-state index contributed by atoms with van der Waals surface area (Å²) in [7, 11) is -1.86. The lowest BCUT2D eigenvalue weighted by Crippen LogP contribution is -2.23. The summed E-state index contributed by atoms with van der Waals surface area (Å²) in [6, 6.07) is 43.5. The molecule has 0 bridgehead atoms. The Balaban J connectivity index is 0.000000200. The summed E-state index contributed by atoms with van der Waals surface area (Å²) in [4.78, 5) is 31.2. The summed E-state index contributed by atoms with van der Waals surface area (Å²) < 4.78 is 3.44. The number of hydrogen-bond donors (Lipinski definition) is 0. The minimum absolute atomic E-state index is 0.0499. The van der Waals surface area contributed by atoms with Crippen LogP contribution in [-0.4, -0.2) is 14.8 Å². The zero-order valence-electron chi connectivity index (χ0n) is 25.7. The van der Waals surface area contributed by atoms with E-state index in [1.165, 1.54) is 52.3 Å². The summed E-state index contributed by atoms with van der Waals surface area (Å²) in [5.74, 6) is 0. The molecule has 0 aliphatic heterocycles. The molecular formula is C36H24Br3N3O6P2. The van der Waals surface area contributed by atoms with Crippen molar-refractivity contribution in [1.29, 1.82) is 0 Å². The lowest BCUT2D eigenvalue weighted by atomic mass is 10.3. The van der Waals surface area contributed by atoms with Crippen molar-refractivity contribution >= 4 is 113 Å². The molecule has 250 valence electrons. The van der Waals surface area contributed by atoms with Crippen LogP contribution >= 0.6 is 63.6 Å². The Hall–Kier alpha value is -4.18. The molecule has 0 N–H and O–H groups in total. The standard InChI is InChI=1S/C18H12Br3P.C18H12N3O6P/c19-13-7-1-4-10-16(13)22(17-11-5-2-8-14(17)20)18-12-6-3-9-15(18)21;22-19(23)13-1-7-16(8-2-13)28(17-9-3-14(4-10-17)20(24)25)18-11-5-15(6-12-18)21(26)27/h1-12H;1-12H. The van der Waals surface area contributed by atoms with Crippen LogP contribution in [0, 0.1) is 30.3 Å². The maximum atomic E-state index is 10.9. The summed E-state index contributed by atoms with van der Waals surface area (Å²) in [6.07, 6.45) is 0. The van der Waals surface area contributed by atoms with E-state index in [0.29, 0.717) is 0 Å². The van der Waals surface area contributed by atoms with Crippen LogP contribution in [-0.2, 0) is 0 Å². The smallest absolute Gasteiger partial charge is 0.258 e. The van der Waals surface area contributed by atoms with Gasteiger partial charge in [0.25, 0.3) is 17.1 Å². The van der Waals surface area contributed by atoms with E-state index in [0.717, 1.165) is 29.3 Å². The third-order valence-corrected chi connectivity index (χ3v) is 15.3. The van der Waals surface area contributed by atoms with Crippen LogP contribution in [0.2, 0.25) is 0 Å². The average molecular weight is 896 g/mol. The molecule has 0 heterocycles. The molecule has 0 fully saturated rings. The fourth-order valence-corrected chi connectivity index (χ4v) is 11.9. The van der Waals surface area contributed by atoms with Gasteiger partial charge in [0.05, 0.1) is 14.8 Å². The molecule has 0 aliphatic carbocycles. The Morgan fingerprint density at radius 1 is 0.360 bits per heavy atom. The Bertz CT molecular complexity index is 1910. The first-order chi connectivity index (χ1) is 24.0. The highest BCUT2D eigenvalue weighted by molar-refractivity contribution is 9.11. The van der Waals surface area contributed by atoms with E-state index in [2.05, 4.69) is 121 Å². The molecule has 0 saturated carbocycles. The molecule has 0 saturated heterocycles. The van der Waals surface area contributed by atoms with E-state index in [4.69, 9.17) is 0 Å². The van der Waals surface area contributed by atoms with Gasteiger partial charge in [0, 0.05) is 49.8 Å². The lowest BCUT2D eigenvalue weighted by molar-refractivity contribution is -0.385. The fourth-order valence-electron chi connectivity index (χ4n) is 4.91. The molecule has 0 spiro atoms. The number of benzene rings is 6. The molecule has 0 aliphatic rings. The van der Waals surface area contributed by atoms with Gasteiger partial charge in [-0.05, 0) is 102 Å². The molecule has 14 heteroatoms. The van der Waals surface area contributed by atoms with Crippen LogP contribution < -0.4 is 31.8 Å². The average Bonchev–Trinajstić information content (AvgIpc) is 3.12. The molecule has 9 nitrogen and oxygen atoms in total. The second-order valence-corrected chi connectivity index (χ2v) is 17.2.